The molecule has 32 heavy (non-hydrogen) atoms. The molecule has 3 nitrogen and oxygen atoms in total. The van der Waals surface area contributed by atoms with Gasteiger partial charge in [-0.05, 0) is 51.3 Å². The minimum atomic E-state index is -0.173. The number of hydrogen-bond acceptors (Lipinski definition) is 1. The van der Waals surface area contributed by atoms with Crippen molar-refractivity contribution in [2.45, 2.75) is 52.4 Å². The summed E-state index contributed by atoms with van der Waals surface area (Å²) < 4.78 is 3.85. The molecule has 4 rings (SSSR count). The first-order chi connectivity index (χ1) is 15.0. The van der Waals surface area contributed by atoms with Crippen LogP contribution in [0.1, 0.15) is 52.7 Å². The van der Waals surface area contributed by atoms with Crippen molar-refractivity contribution in [3.63, 3.8) is 0 Å². The molecule has 0 radical (unpaired) electrons. The van der Waals surface area contributed by atoms with Crippen LogP contribution in [0.4, 0.5) is 0 Å². The normalized spacial score (nSPS) is 12.2. The number of aromatic nitrogens is 2. The summed E-state index contributed by atoms with van der Waals surface area (Å²) in [6, 6.07) is 23.0. The van der Waals surface area contributed by atoms with Gasteiger partial charge in [0, 0.05) is 12.4 Å². The zero-order chi connectivity index (χ0) is 23.1. The molecule has 3 aromatic carbocycles. The number of benzene rings is 3. The van der Waals surface area contributed by atoms with Crippen molar-refractivity contribution in [3.8, 4) is 28.3 Å². The number of aromatic hydroxyl groups is 1. The van der Waals surface area contributed by atoms with E-state index in [9.17, 15) is 5.11 Å². The quantitative estimate of drug-likeness (QED) is 0.294. The lowest BCUT2D eigenvalue weighted by molar-refractivity contribution is -0.600. The van der Waals surface area contributed by atoms with E-state index in [1.54, 1.807) is 0 Å². The van der Waals surface area contributed by atoms with Crippen LogP contribution in [0.5, 0.6) is 5.75 Å². The van der Waals surface area contributed by atoms with Crippen molar-refractivity contribution >= 4 is 0 Å². The third kappa shape index (κ3) is 4.34. The molecule has 0 amide bonds. The molecule has 164 valence electrons. The second-order valence-electron chi connectivity index (χ2n) is 10.4. The Balaban J connectivity index is 1.79. The maximum atomic E-state index is 11.2. The first kappa shape index (κ1) is 21.9. The first-order valence-electron chi connectivity index (χ1n) is 11.1. The van der Waals surface area contributed by atoms with Crippen LogP contribution in [0.15, 0.2) is 79.1 Å². The van der Waals surface area contributed by atoms with Crippen LogP contribution < -0.4 is 4.57 Å². The first-order valence-corrected chi connectivity index (χ1v) is 11.1. The van der Waals surface area contributed by atoms with E-state index < -0.39 is 0 Å². The fourth-order valence-electron chi connectivity index (χ4n) is 3.87. The molecule has 0 fully saturated rings. The molecule has 0 aliphatic rings. The maximum absolute atomic E-state index is 11.2. The maximum Gasteiger partial charge on any atom is 0.268 e. The van der Waals surface area contributed by atoms with Crippen LogP contribution in [0, 0.1) is 6.33 Å². The number of rotatable bonds is 3. The van der Waals surface area contributed by atoms with Gasteiger partial charge in [-0.1, -0.05) is 90.1 Å². The van der Waals surface area contributed by atoms with E-state index in [1.165, 1.54) is 11.1 Å². The van der Waals surface area contributed by atoms with Gasteiger partial charge in [0.1, 0.15) is 11.4 Å². The number of nitrogens with zero attached hydrogens (tertiary/aromatic N) is 2. The second-order valence-corrected chi connectivity index (χ2v) is 10.4. The van der Waals surface area contributed by atoms with Crippen molar-refractivity contribution in [2.24, 2.45) is 0 Å². The van der Waals surface area contributed by atoms with Crippen molar-refractivity contribution in [2.75, 3.05) is 0 Å². The van der Waals surface area contributed by atoms with Crippen LogP contribution in [0.2, 0.25) is 0 Å². The number of phenols is 1. The van der Waals surface area contributed by atoms with Crippen LogP contribution in [0.3, 0.4) is 0 Å². The molecule has 1 heterocycles. The van der Waals surface area contributed by atoms with Gasteiger partial charge in [0.25, 0.3) is 6.33 Å². The Morgan fingerprint density at radius 3 is 2.12 bits per heavy atom. The highest BCUT2D eigenvalue weighted by molar-refractivity contribution is 5.65. The summed E-state index contributed by atoms with van der Waals surface area (Å²) in [5.74, 6) is 0.308. The van der Waals surface area contributed by atoms with Gasteiger partial charge in [-0.25, -0.2) is 0 Å². The summed E-state index contributed by atoms with van der Waals surface area (Å²) in [4.78, 5) is 0. The molecule has 0 bridgehead atoms. The van der Waals surface area contributed by atoms with E-state index in [4.69, 9.17) is 0 Å². The Kier molecular flexibility index (Phi) is 5.46. The van der Waals surface area contributed by atoms with Crippen molar-refractivity contribution < 1.29 is 9.67 Å². The van der Waals surface area contributed by atoms with Gasteiger partial charge >= 0.3 is 0 Å². The van der Waals surface area contributed by atoms with Crippen molar-refractivity contribution in [3.05, 3.63) is 96.6 Å². The zero-order valence-electron chi connectivity index (χ0n) is 19.8. The Bertz CT molecular complexity index is 1240. The van der Waals surface area contributed by atoms with Gasteiger partial charge < -0.3 is 5.11 Å². The SMILES string of the molecule is CC(C)(C)c1cc(-[n+]2[c-]n(-c3cccc(-c4ccccc4)c3)cc2)c(O)c(C(C)(C)C)c1. The Morgan fingerprint density at radius 2 is 1.47 bits per heavy atom. The van der Waals surface area contributed by atoms with Crippen LogP contribution in [-0.2, 0) is 10.8 Å². The summed E-state index contributed by atoms with van der Waals surface area (Å²) >= 11 is 0. The molecule has 0 saturated carbocycles. The van der Waals surface area contributed by atoms with E-state index in [-0.39, 0.29) is 10.8 Å². The van der Waals surface area contributed by atoms with Gasteiger partial charge in [0.15, 0.2) is 0 Å². The molecule has 0 aliphatic carbocycles. The smallest absolute Gasteiger partial charge is 0.268 e. The molecule has 0 unspecified atom stereocenters. The molecule has 4 aromatic rings. The fourth-order valence-corrected chi connectivity index (χ4v) is 3.87. The average Bonchev–Trinajstić information content (AvgIpc) is 3.23. The molecule has 3 heteroatoms. The highest BCUT2D eigenvalue weighted by atomic mass is 16.3. The summed E-state index contributed by atoms with van der Waals surface area (Å²) in [6.45, 7) is 13.0. The van der Waals surface area contributed by atoms with Crippen LogP contribution in [0.25, 0.3) is 22.5 Å². The van der Waals surface area contributed by atoms with Crippen molar-refractivity contribution in [1.82, 2.24) is 4.57 Å². The van der Waals surface area contributed by atoms with Crippen molar-refractivity contribution in [1.29, 1.82) is 0 Å². The average molecular weight is 425 g/mol. The van der Waals surface area contributed by atoms with Crippen LogP contribution >= 0.6 is 0 Å². The predicted octanol–water partition coefficient (Wildman–Crippen LogP) is 6.52. The predicted molar refractivity (Wildman–Crippen MR) is 131 cm³/mol. The number of hydrogen-bond donors (Lipinski definition) is 1. The van der Waals surface area contributed by atoms with Gasteiger partial charge in [0.2, 0.25) is 0 Å². The van der Waals surface area contributed by atoms with E-state index in [1.807, 2.05) is 27.6 Å². The van der Waals surface area contributed by atoms with Gasteiger partial charge in [0.05, 0.1) is 5.69 Å². The van der Waals surface area contributed by atoms with E-state index in [2.05, 4.69) is 109 Å². The minimum Gasteiger partial charge on any atom is -0.511 e. The lowest BCUT2D eigenvalue weighted by atomic mass is 9.79. The topological polar surface area (TPSA) is 29.0 Å². The highest BCUT2D eigenvalue weighted by Crippen LogP contribution is 2.37. The Morgan fingerprint density at radius 1 is 0.781 bits per heavy atom. The standard InChI is InChI=1S/C29H32N2O/c1-28(2,3)23-18-25(29(4,5)6)27(32)26(19-23)31-16-15-30(20-31)24-14-10-13-22(17-24)21-11-8-7-9-12-21/h7-19,32H,1-6H3. The van der Waals surface area contributed by atoms with Gasteiger partial charge in [-0.3, -0.25) is 9.13 Å². The highest BCUT2D eigenvalue weighted by Gasteiger charge is 2.25. The summed E-state index contributed by atoms with van der Waals surface area (Å²) in [5.41, 5.74) is 6.04. The van der Waals surface area contributed by atoms with E-state index in [0.29, 0.717) is 5.75 Å². The van der Waals surface area contributed by atoms with Gasteiger partial charge in [-0.2, -0.15) is 0 Å². The largest absolute Gasteiger partial charge is 0.511 e. The molecule has 0 aliphatic heterocycles. The minimum absolute atomic E-state index is 0.0322. The molecule has 0 atom stereocenters. The summed E-state index contributed by atoms with van der Waals surface area (Å²) in [7, 11) is 0. The molecular formula is C29H32N2O. The van der Waals surface area contributed by atoms with E-state index >= 15 is 0 Å². The molecule has 0 spiro atoms. The van der Waals surface area contributed by atoms with Crippen LogP contribution in [-0.4, -0.2) is 9.67 Å². The zero-order valence-corrected chi connectivity index (χ0v) is 19.8. The Labute approximate surface area is 191 Å². The summed E-state index contributed by atoms with van der Waals surface area (Å²) in [6.07, 6.45) is 7.32. The Hall–Kier alpha value is -3.33. The van der Waals surface area contributed by atoms with Gasteiger partial charge in [-0.15, -0.1) is 0 Å². The monoisotopic (exact) mass is 424 g/mol. The molecule has 1 aromatic heterocycles. The third-order valence-corrected chi connectivity index (χ3v) is 5.84. The molecule has 0 saturated heterocycles. The van der Waals surface area contributed by atoms with E-state index in [0.717, 1.165) is 22.5 Å². The third-order valence-electron chi connectivity index (χ3n) is 5.84. The second kappa shape index (κ2) is 7.98. The number of phenolic OH excluding ortho intramolecular Hbond substituents is 1. The number of imidazole rings is 1. The lowest BCUT2D eigenvalue weighted by Gasteiger charge is -2.27. The molecular weight excluding hydrogens is 392 g/mol. The fraction of sp³-hybridized carbons (Fsp3) is 0.276. The molecule has 1 N–H and O–H groups in total. The lowest BCUT2D eigenvalue weighted by Crippen LogP contribution is -2.30. The summed E-state index contributed by atoms with van der Waals surface area (Å²) in [5, 5.41) is 11.2.